The summed E-state index contributed by atoms with van der Waals surface area (Å²) in [5.41, 5.74) is 2.66. The van der Waals surface area contributed by atoms with Gasteiger partial charge >= 0.3 is 0 Å². The van der Waals surface area contributed by atoms with Crippen LogP contribution in [0.25, 0.3) is 0 Å². The minimum Gasteiger partial charge on any atom is -0.494 e. The molecule has 0 aliphatic heterocycles. The molecule has 2 rings (SSSR count). The molecule has 2 aromatic carbocycles. The fourth-order valence-corrected chi connectivity index (χ4v) is 2.37. The number of rotatable bonds is 6. The molecular weight excluding hydrogens is 265 g/mol. The van der Waals surface area contributed by atoms with E-state index >= 15 is 0 Å². The molecule has 0 saturated heterocycles. The van der Waals surface area contributed by atoms with Crippen LogP contribution in [-0.4, -0.2) is 13.2 Å². The molecule has 0 amide bonds. The van der Waals surface area contributed by atoms with Crippen molar-refractivity contribution in [1.29, 1.82) is 0 Å². The molecule has 0 saturated carbocycles. The average Bonchev–Trinajstić information content (AvgIpc) is 2.48. The third kappa shape index (κ3) is 3.82. The van der Waals surface area contributed by atoms with Gasteiger partial charge in [-0.25, -0.2) is 4.39 Å². The van der Waals surface area contributed by atoms with Crippen molar-refractivity contribution in [3.8, 4) is 5.75 Å². The molecular formula is C18H22FNO. The molecule has 0 heterocycles. The molecule has 0 aliphatic carbocycles. The summed E-state index contributed by atoms with van der Waals surface area (Å²) in [7, 11) is 0. The number of halogens is 1. The Labute approximate surface area is 126 Å². The van der Waals surface area contributed by atoms with Crippen molar-refractivity contribution >= 4 is 0 Å². The molecule has 21 heavy (non-hydrogen) atoms. The van der Waals surface area contributed by atoms with Gasteiger partial charge in [0.25, 0.3) is 0 Å². The summed E-state index contributed by atoms with van der Waals surface area (Å²) in [6.45, 7) is 7.22. The predicted octanol–water partition coefficient (Wildman–Crippen LogP) is 4.23. The van der Waals surface area contributed by atoms with Crippen LogP contribution in [0.5, 0.6) is 5.75 Å². The first-order chi connectivity index (χ1) is 10.2. The van der Waals surface area contributed by atoms with E-state index in [2.05, 4.69) is 5.32 Å². The first kappa shape index (κ1) is 15.5. The Morgan fingerprint density at radius 3 is 2.52 bits per heavy atom. The molecule has 0 fully saturated rings. The molecule has 0 spiro atoms. The van der Waals surface area contributed by atoms with Crippen LogP contribution in [0.3, 0.4) is 0 Å². The number of aryl methyl sites for hydroxylation is 1. The van der Waals surface area contributed by atoms with E-state index in [1.807, 2.05) is 50.2 Å². The summed E-state index contributed by atoms with van der Waals surface area (Å²) >= 11 is 0. The van der Waals surface area contributed by atoms with E-state index in [1.165, 1.54) is 0 Å². The molecule has 2 nitrogen and oxygen atoms in total. The Bertz CT molecular complexity index is 598. The summed E-state index contributed by atoms with van der Waals surface area (Å²) in [4.78, 5) is 0. The van der Waals surface area contributed by atoms with E-state index in [0.29, 0.717) is 12.2 Å². The Hall–Kier alpha value is -1.87. The Balaban J connectivity index is 2.37. The van der Waals surface area contributed by atoms with E-state index < -0.39 is 0 Å². The van der Waals surface area contributed by atoms with Gasteiger partial charge in [-0.2, -0.15) is 0 Å². The van der Waals surface area contributed by atoms with Gasteiger partial charge in [-0.1, -0.05) is 31.2 Å². The van der Waals surface area contributed by atoms with Crippen molar-refractivity contribution in [3.05, 3.63) is 65.0 Å². The molecule has 1 N–H and O–H groups in total. The number of ether oxygens (including phenoxy) is 1. The van der Waals surface area contributed by atoms with Crippen molar-refractivity contribution in [3.63, 3.8) is 0 Å². The quantitative estimate of drug-likeness (QED) is 0.858. The third-order valence-electron chi connectivity index (χ3n) is 3.44. The van der Waals surface area contributed by atoms with Gasteiger partial charge in [0.15, 0.2) is 0 Å². The minimum atomic E-state index is -0.170. The van der Waals surface area contributed by atoms with E-state index in [-0.39, 0.29) is 11.9 Å². The van der Waals surface area contributed by atoms with Crippen molar-refractivity contribution in [2.45, 2.75) is 26.8 Å². The molecule has 1 atom stereocenters. The SMILES string of the molecule is CCNC(c1cccc(OCC)c1)c1ccc(C)c(F)c1. The third-order valence-corrected chi connectivity index (χ3v) is 3.44. The van der Waals surface area contributed by atoms with Gasteiger partial charge in [0.2, 0.25) is 0 Å². The second-order valence-electron chi connectivity index (χ2n) is 5.00. The summed E-state index contributed by atoms with van der Waals surface area (Å²) in [5, 5.41) is 3.41. The monoisotopic (exact) mass is 287 g/mol. The van der Waals surface area contributed by atoms with Crippen LogP contribution in [0, 0.1) is 12.7 Å². The maximum atomic E-state index is 13.8. The van der Waals surface area contributed by atoms with Crippen molar-refractivity contribution in [2.75, 3.05) is 13.2 Å². The van der Waals surface area contributed by atoms with Crippen molar-refractivity contribution in [2.24, 2.45) is 0 Å². The molecule has 0 aromatic heterocycles. The summed E-state index contributed by atoms with van der Waals surface area (Å²) < 4.78 is 19.4. The normalized spacial score (nSPS) is 12.2. The lowest BCUT2D eigenvalue weighted by Crippen LogP contribution is -2.22. The first-order valence-electron chi connectivity index (χ1n) is 7.37. The average molecular weight is 287 g/mol. The highest BCUT2D eigenvalue weighted by atomic mass is 19.1. The summed E-state index contributed by atoms with van der Waals surface area (Å²) in [6.07, 6.45) is 0. The second kappa shape index (κ2) is 7.23. The smallest absolute Gasteiger partial charge is 0.126 e. The van der Waals surface area contributed by atoms with Gasteiger partial charge in [-0.05, 0) is 55.3 Å². The lowest BCUT2D eigenvalue weighted by atomic mass is 9.97. The number of hydrogen-bond donors (Lipinski definition) is 1. The van der Waals surface area contributed by atoms with Gasteiger partial charge in [0.05, 0.1) is 12.6 Å². The van der Waals surface area contributed by atoms with E-state index in [1.54, 1.807) is 13.0 Å². The van der Waals surface area contributed by atoms with Crippen molar-refractivity contribution < 1.29 is 9.13 Å². The summed E-state index contributed by atoms with van der Waals surface area (Å²) in [5.74, 6) is 0.668. The lowest BCUT2D eigenvalue weighted by molar-refractivity contribution is 0.339. The molecule has 0 bridgehead atoms. The van der Waals surface area contributed by atoms with Gasteiger partial charge in [0, 0.05) is 0 Å². The zero-order valence-electron chi connectivity index (χ0n) is 12.8. The van der Waals surface area contributed by atoms with Crippen molar-refractivity contribution in [1.82, 2.24) is 5.32 Å². The maximum absolute atomic E-state index is 13.8. The van der Waals surface area contributed by atoms with E-state index in [0.717, 1.165) is 23.4 Å². The standard InChI is InChI=1S/C18H22FNO/c1-4-20-18(15-10-9-13(3)17(19)12-15)14-7-6-8-16(11-14)21-5-2/h6-12,18,20H,4-5H2,1-3H3. The highest BCUT2D eigenvalue weighted by Crippen LogP contribution is 2.26. The van der Waals surface area contributed by atoms with Crippen LogP contribution in [0.2, 0.25) is 0 Å². The fraction of sp³-hybridized carbons (Fsp3) is 0.333. The zero-order chi connectivity index (χ0) is 15.2. The number of nitrogens with one attached hydrogen (secondary N) is 1. The van der Waals surface area contributed by atoms with Gasteiger partial charge < -0.3 is 10.1 Å². The molecule has 112 valence electrons. The molecule has 0 radical (unpaired) electrons. The van der Waals surface area contributed by atoms with Gasteiger partial charge in [-0.3, -0.25) is 0 Å². The van der Waals surface area contributed by atoms with Crippen LogP contribution in [0.15, 0.2) is 42.5 Å². The molecule has 1 unspecified atom stereocenters. The van der Waals surface area contributed by atoms with Crippen LogP contribution in [0.1, 0.15) is 36.6 Å². The highest BCUT2D eigenvalue weighted by Gasteiger charge is 2.15. The zero-order valence-corrected chi connectivity index (χ0v) is 12.8. The van der Waals surface area contributed by atoms with Crippen LogP contribution >= 0.6 is 0 Å². The predicted molar refractivity (Wildman–Crippen MR) is 84.3 cm³/mol. The molecule has 3 heteroatoms. The van der Waals surface area contributed by atoms with Crippen LogP contribution in [0.4, 0.5) is 4.39 Å². The van der Waals surface area contributed by atoms with Gasteiger partial charge in [0.1, 0.15) is 11.6 Å². The number of hydrogen-bond acceptors (Lipinski definition) is 2. The topological polar surface area (TPSA) is 21.3 Å². The van der Waals surface area contributed by atoms with Crippen LogP contribution in [-0.2, 0) is 0 Å². The Morgan fingerprint density at radius 2 is 1.86 bits per heavy atom. The minimum absolute atomic E-state index is 0.0366. The maximum Gasteiger partial charge on any atom is 0.126 e. The Kier molecular flexibility index (Phi) is 5.34. The largest absolute Gasteiger partial charge is 0.494 e. The van der Waals surface area contributed by atoms with Gasteiger partial charge in [-0.15, -0.1) is 0 Å². The first-order valence-corrected chi connectivity index (χ1v) is 7.37. The summed E-state index contributed by atoms with van der Waals surface area (Å²) in [6, 6.07) is 13.3. The second-order valence-corrected chi connectivity index (χ2v) is 5.00. The highest BCUT2D eigenvalue weighted by molar-refractivity contribution is 5.38. The molecule has 2 aromatic rings. The lowest BCUT2D eigenvalue weighted by Gasteiger charge is -2.20. The molecule has 0 aliphatic rings. The van der Waals surface area contributed by atoms with E-state index in [4.69, 9.17) is 4.74 Å². The van der Waals surface area contributed by atoms with Crippen LogP contribution < -0.4 is 10.1 Å². The van der Waals surface area contributed by atoms with E-state index in [9.17, 15) is 4.39 Å². The number of benzene rings is 2. The Morgan fingerprint density at radius 1 is 1.10 bits per heavy atom. The fourth-order valence-electron chi connectivity index (χ4n) is 2.37.